The second-order valence-electron chi connectivity index (χ2n) is 7.00. The molecule has 1 saturated carbocycles. The SMILES string of the molecule is COc1ccc(-c2noc(CCCCCNC(N)=NCC3CCC3)n2)cc1. The molecule has 0 unspecified atom stereocenters. The summed E-state index contributed by atoms with van der Waals surface area (Å²) in [5.74, 6) is 3.43. The Labute approximate surface area is 160 Å². The zero-order chi connectivity index (χ0) is 18.9. The van der Waals surface area contributed by atoms with Crippen LogP contribution in [0.4, 0.5) is 0 Å². The molecule has 1 fully saturated rings. The number of ether oxygens (including phenoxy) is 1. The molecule has 1 aliphatic carbocycles. The molecule has 3 rings (SSSR count). The number of aryl methyl sites for hydroxylation is 1. The van der Waals surface area contributed by atoms with Gasteiger partial charge in [0.25, 0.3) is 0 Å². The molecule has 0 bridgehead atoms. The Morgan fingerprint density at radius 1 is 1.26 bits per heavy atom. The van der Waals surface area contributed by atoms with Crippen LogP contribution in [0.3, 0.4) is 0 Å². The fraction of sp³-hybridized carbons (Fsp3) is 0.550. The number of rotatable bonds is 10. The van der Waals surface area contributed by atoms with Gasteiger partial charge in [-0.15, -0.1) is 0 Å². The highest BCUT2D eigenvalue weighted by Crippen LogP contribution is 2.26. The van der Waals surface area contributed by atoms with E-state index in [1.807, 2.05) is 24.3 Å². The molecule has 27 heavy (non-hydrogen) atoms. The maximum Gasteiger partial charge on any atom is 0.226 e. The summed E-state index contributed by atoms with van der Waals surface area (Å²) in [6, 6.07) is 7.63. The molecule has 2 aromatic rings. The Kier molecular flexibility index (Phi) is 7.07. The van der Waals surface area contributed by atoms with Gasteiger partial charge in [0, 0.05) is 25.1 Å². The van der Waals surface area contributed by atoms with Crippen molar-refractivity contribution in [2.75, 3.05) is 20.2 Å². The highest BCUT2D eigenvalue weighted by Gasteiger charge is 2.16. The quantitative estimate of drug-likeness (QED) is 0.378. The van der Waals surface area contributed by atoms with Crippen molar-refractivity contribution in [2.45, 2.75) is 44.9 Å². The topological polar surface area (TPSA) is 98.6 Å². The lowest BCUT2D eigenvalue weighted by molar-refractivity contribution is 0.326. The third-order valence-corrected chi connectivity index (χ3v) is 4.93. The summed E-state index contributed by atoms with van der Waals surface area (Å²) in [6.45, 7) is 1.72. The molecule has 7 heteroatoms. The number of unbranched alkanes of at least 4 members (excludes halogenated alkanes) is 2. The van der Waals surface area contributed by atoms with Crippen LogP contribution in [-0.2, 0) is 6.42 Å². The third-order valence-electron chi connectivity index (χ3n) is 4.93. The number of hydrogen-bond acceptors (Lipinski definition) is 5. The molecule has 1 aliphatic rings. The molecular formula is C20H29N5O2. The van der Waals surface area contributed by atoms with Crippen molar-refractivity contribution < 1.29 is 9.26 Å². The number of guanidine groups is 1. The van der Waals surface area contributed by atoms with Crippen LogP contribution in [0.15, 0.2) is 33.8 Å². The summed E-state index contributed by atoms with van der Waals surface area (Å²) in [5.41, 5.74) is 6.80. The predicted molar refractivity (Wildman–Crippen MR) is 106 cm³/mol. The zero-order valence-corrected chi connectivity index (χ0v) is 16.0. The molecule has 7 nitrogen and oxygen atoms in total. The Bertz CT molecular complexity index is 722. The van der Waals surface area contributed by atoms with Crippen LogP contribution in [-0.4, -0.2) is 36.3 Å². The van der Waals surface area contributed by atoms with Gasteiger partial charge in [-0.25, -0.2) is 0 Å². The Morgan fingerprint density at radius 3 is 2.78 bits per heavy atom. The van der Waals surface area contributed by atoms with Crippen molar-refractivity contribution in [3.8, 4) is 17.1 Å². The van der Waals surface area contributed by atoms with Crippen molar-refractivity contribution >= 4 is 5.96 Å². The Hall–Kier alpha value is -2.57. The van der Waals surface area contributed by atoms with E-state index in [4.69, 9.17) is 15.0 Å². The minimum Gasteiger partial charge on any atom is -0.497 e. The van der Waals surface area contributed by atoms with Crippen LogP contribution in [0.25, 0.3) is 11.4 Å². The molecule has 0 aliphatic heterocycles. The zero-order valence-electron chi connectivity index (χ0n) is 16.0. The Morgan fingerprint density at radius 2 is 2.07 bits per heavy atom. The van der Waals surface area contributed by atoms with E-state index >= 15 is 0 Å². The van der Waals surface area contributed by atoms with Gasteiger partial charge in [-0.1, -0.05) is 18.0 Å². The van der Waals surface area contributed by atoms with Crippen molar-refractivity contribution in [3.05, 3.63) is 30.2 Å². The summed E-state index contributed by atoms with van der Waals surface area (Å²) in [4.78, 5) is 8.86. The summed E-state index contributed by atoms with van der Waals surface area (Å²) in [7, 11) is 1.65. The molecule has 0 amide bonds. The van der Waals surface area contributed by atoms with Gasteiger partial charge < -0.3 is 20.3 Å². The fourth-order valence-electron chi connectivity index (χ4n) is 2.97. The Balaban J connectivity index is 1.30. The van der Waals surface area contributed by atoms with Crippen molar-refractivity contribution in [1.29, 1.82) is 0 Å². The molecule has 1 aromatic carbocycles. The summed E-state index contributed by atoms with van der Waals surface area (Å²) in [6.07, 6.45) is 7.84. The molecule has 1 aromatic heterocycles. The second-order valence-corrected chi connectivity index (χ2v) is 7.00. The number of nitrogens with one attached hydrogen (secondary N) is 1. The normalized spacial score (nSPS) is 14.8. The van der Waals surface area contributed by atoms with Crippen molar-refractivity contribution in [3.63, 3.8) is 0 Å². The van der Waals surface area contributed by atoms with Crippen LogP contribution in [0.1, 0.15) is 44.4 Å². The summed E-state index contributed by atoms with van der Waals surface area (Å²) >= 11 is 0. The van der Waals surface area contributed by atoms with Gasteiger partial charge in [0.15, 0.2) is 5.96 Å². The number of methoxy groups -OCH3 is 1. The average molecular weight is 371 g/mol. The van der Waals surface area contributed by atoms with Gasteiger partial charge >= 0.3 is 0 Å². The van der Waals surface area contributed by atoms with Crippen molar-refractivity contribution in [1.82, 2.24) is 15.5 Å². The van der Waals surface area contributed by atoms with Gasteiger partial charge in [-0.3, -0.25) is 4.99 Å². The number of hydrogen-bond donors (Lipinski definition) is 2. The third kappa shape index (κ3) is 5.98. The number of aromatic nitrogens is 2. The van der Waals surface area contributed by atoms with E-state index in [1.165, 1.54) is 19.3 Å². The molecule has 0 saturated heterocycles. The first-order valence-corrected chi connectivity index (χ1v) is 9.75. The standard InChI is InChI=1S/C20H29N5O2/c1-26-17-11-9-16(10-12-17)19-24-18(27-25-19)8-3-2-4-13-22-20(21)23-14-15-6-5-7-15/h9-12,15H,2-8,13-14H2,1H3,(H3,21,22,23). The molecule has 1 heterocycles. The lowest BCUT2D eigenvalue weighted by Gasteiger charge is -2.23. The second kappa shape index (κ2) is 9.94. The number of nitrogens with zero attached hydrogens (tertiary/aromatic N) is 3. The smallest absolute Gasteiger partial charge is 0.226 e. The fourth-order valence-corrected chi connectivity index (χ4v) is 2.97. The predicted octanol–water partition coefficient (Wildman–Crippen LogP) is 3.16. The van der Waals surface area contributed by atoms with Crippen LogP contribution >= 0.6 is 0 Å². The minimum absolute atomic E-state index is 0.572. The summed E-state index contributed by atoms with van der Waals surface area (Å²) < 4.78 is 10.5. The lowest BCUT2D eigenvalue weighted by atomic mass is 9.86. The van der Waals surface area contributed by atoms with E-state index in [-0.39, 0.29) is 0 Å². The van der Waals surface area contributed by atoms with Crippen LogP contribution in [0, 0.1) is 5.92 Å². The first-order chi connectivity index (χ1) is 13.2. The number of nitrogens with two attached hydrogens (primary N) is 1. The lowest BCUT2D eigenvalue weighted by Crippen LogP contribution is -2.33. The van der Waals surface area contributed by atoms with Crippen LogP contribution in [0.5, 0.6) is 5.75 Å². The first-order valence-electron chi connectivity index (χ1n) is 9.75. The van der Waals surface area contributed by atoms with E-state index in [1.54, 1.807) is 7.11 Å². The van der Waals surface area contributed by atoms with Crippen molar-refractivity contribution in [2.24, 2.45) is 16.6 Å². The number of aliphatic imine (C=N–C) groups is 1. The highest BCUT2D eigenvalue weighted by molar-refractivity contribution is 5.77. The molecular weight excluding hydrogens is 342 g/mol. The maximum atomic E-state index is 5.88. The van der Waals surface area contributed by atoms with Crippen LogP contribution in [0.2, 0.25) is 0 Å². The van der Waals surface area contributed by atoms with E-state index in [2.05, 4.69) is 20.4 Å². The largest absolute Gasteiger partial charge is 0.497 e. The molecule has 3 N–H and O–H groups in total. The first kappa shape index (κ1) is 19.2. The van der Waals surface area contributed by atoms with Gasteiger partial charge in [0.2, 0.25) is 11.7 Å². The van der Waals surface area contributed by atoms with Gasteiger partial charge in [0.05, 0.1) is 7.11 Å². The van der Waals surface area contributed by atoms with E-state index < -0.39 is 0 Å². The molecule has 0 radical (unpaired) electrons. The minimum atomic E-state index is 0.572. The van der Waals surface area contributed by atoms with Gasteiger partial charge in [0.1, 0.15) is 5.75 Å². The highest BCUT2D eigenvalue weighted by atomic mass is 16.5. The maximum absolute atomic E-state index is 5.88. The monoisotopic (exact) mass is 371 g/mol. The van der Waals surface area contributed by atoms with E-state index in [0.29, 0.717) is 17.7 Å². The molecule has 146 valence electrons. The molecule has 0 spiro atoms. The van der Waals surface area contributed by atoms with Gasteiger partial charge in [-0.05, 0) is 55.9 Å². The summed E-state index contributed by atoms with van der Waals surface area (Å²) in [5, 5.41) is 7.24. The van der Waals surface area contributed by atoms with E-state index in [0.717, 1.165) is 56.0 Å². The number of benzene rings is 1. The molecule has 0 atom stereocenters. The van der Waals surface area contributed by atoms with Crippen LogP contribution < -0.4 is 15.8 Å². The van der Waals surface area contributed by atoms with E-state index in [9.17, 15) is 0 Å². The van der Waals surface area contributed by atoms with Gasteiger partial charge in [-0.2, -0.15) is 4.98 Å². The average Bonchev–Trinajstić information content (AvgIpc) is 3.12.